The third-order valence-corrected chi connectivity index (χ3v) is 2.66. The fraction of sp³-hybridized carbons (Fsp3) is 0.667. The van der Waals surface area contributed by atoms with E-state index in [9.17, 15) is 4.79 Å². The monoisotopic (exact) mass is 192 g/mol. The fourth-order valence-electron chi connectivity index (χ4n) is 0.670. The molecule has 1 rings (SSSR count). The zero-order chi connectivity index (χ0) is 8.32. The average Bonchev–Trinajstić information content (AvgIpc) is 2.36. The number of hydrogen-bond acceptors (Lipinski definition) is 3. The van der Waals surface area contributed by atoms with Crippen molar-refractivity contribution in [3.63, 3.8) is 0 Å². The van der Waals surface area contributed by atoms with Gasteiger partial charge in [-0.2, -0.15) is 0 Å². The molecule has 5 heteroatoms. The zero-order valence-electron chi connectivity index (χ0n) is 6.13. The summed E-state index contributed by atoms with van der Waals surface area (Å²) in [5.41, 5.74) is 0. The lowest BCUT2D eigenvalue weighted by Gasteiger charge is -2.17. The molecule has 0 fully saturated rings. The minimum absolute atomic E-state index is 0.0548. The van der Waals surface area contributed by atoms with Gasteiger partial charge in [-0.3, -0.25) is 9.79 Å². The number of alkyl halides is 1. The van der Waals surface area contributed by atoms with Gasteiger partial charge in [-0.15, -0.1) is 0 Å². The highest BCUT2D eigenvalue weighted by Gasteiger charge is 2.30. The Labute approximate surface area is 74.6 Å². The van der Waals surface area contributed by atoms with E-state index in [1.165, 1.54) is 11.8 Å². The topological polar surface area (TPSA) is 41.5 Å². The molecule has 1 atom stereocenters. The summed E-state index contributed by atoms with van der Waals surface area (Å²) in [5.74, 6) is 0.564. The number of hydrogen-bond donors (Lipinski definition) is 1. The number of carbonyl (C=O) groups is 1. The van der Waals surface area contributed by atoms with Crippen molar-refractivity contribution in [2.24, 2.45) is 4.99 Å². The molecular formula is C6H9ClN2OS. The first-order valence-corrected chi connectivity index (χ1v) is 4.67. The number of amides is 1. The summed E-state index contributed by atoms with van der Waals surface area (Å²) in [6.07, 6.45) is 2.01. The van der Waals surface area contributed by atoms with Crippen LogP contribution in [0.3, 0.4) is 0 Å². The number of carbonyl (C=O) groups excluding carboxylic acids is 1. The standard InChI is InChI=1S/C6H9ClN2OS/c1-2-5(10)9-6(7)3-8-4-11-6/h3H,2,4H2,1H3,(H,9,10). The van der Waals surface area contributed by atoms with Crippen LogP contribution >= 0.6 is 23.4 Å². The first-order valence-electron chi connectivity index (χ1n) is 3.31. The molecule has 1 N–H and O–H groups in total. The molecule has 11 heavy (non-hydrogen) atoms. The predicted octanol–water partition coefficient (Wildman–Crippen LogP) is 1.18. The maximum Gasteiger partial charge on any atom is 0.222 e. The summed E-state index contributed by atoms with van der Waals surface area (Å²) in [6, 6.07) is 0. The summed E-state index contributed by atoms with van der Waals surface area (Å²) in [4.78, 5) is 14.8. The maximum atomic E-state index is 10.9. The molecule has 0 radical (unpaired) electrons. The van der Waals surface area contributed by atoms with Gasteiger partial charge in [0.15, 0.2) is 4.33 Å². The van der Waals surface area contributed by atoms with Crippen molar-refractivity contribution in [3.05, 3.63) is 0 Å². The number of rotatable bonds is 2. The summed E-state index contributed by atoms with van der Waals surface area (Å²) in [7, 11) is 0. The van der Waals surface area contributed by atoms with Crippen molar-refractivity contribution in [1.82, 2.24) is 5.32 Å². The minimum Gasteiger partial charge on any atom is -0.324 e. The van der Waals surface area contributed by atoms with Crippen LogP contribution in [0.15, 0.2) is 4.99 Å². The van der Waals surface area contributed by atoms with Crippen molar-refractivity contribution < 1.29 is 4.79 Å². The molecule has 0 aromatic rings. The summed E-state index contributed by atoms with van der Waals surface area (Å²) < 4.78 is -0.785. The molecule has 0 aromatic heterocycles. The molecule has 0 aromatic carbocycles. The number of thioether (sulfide) groups is 1. The minimum atomic E-state index is -0.785. The molecule has 0 saturated heterocycles. The molecule has 1 heterocycles. The van der Waals surface area contributed by atoms with Crippen LogP contribution < -0.4 is 5.32 Å². The van der Waals surface area contributed by atoms with Crippen molar-refractivity contribution in [3.8, 4) is 0 Å². The van der Waals surface area contributed by atoms with Gasteiger partial charge in [0.2, 0.25) is 5.91 Å². The molecule has 3 nitrogen and oxygen atoms in total. The van der Waals surface area contributed by atoms with Gasteiger partial charge in [0, 0.05) is 6.42 Å². The van der Waals surface area contributed by atoms with E-state index < -0.39 is 4.33 Å². The lowest BCUT2D eigenvalue weighted by molar-refractivity contribution is -0.120. The molecule has 1 amide bonds. The van der Waals surface area contributed by atoms with Crippen LogP contribution in [-0.2, 0) is 4.79 Å². The third-order valence-electron chi connectivity index (χ3n) is 1.24. The van der Waals surface area contributed by atoms with E-state index in [0.717, 1.165) is 0 Å². The Bertz CT molecular complexity index is 197. The second-order valence-corrected chi connectivity index (χ2v) is 4.14. The van der Waals surface area contributed by atoms with E-state index in [4.69, 9.17) is 11.6 Å². The smallest absolute Gasteiger partial charge is 0.222 e. The maximum absolute atomic E-state index is 10.9. The molecule has 1 aliphatic rings. The van der Waals surface area contributed by atoms with Gasteiger partial charge in [0.05, 0.1) is 12.1 Å². The predicted molar refractivity (Wildman–Crippen MR) is 48.0 cm³/mol. The first kappa shape index (κ1) is 8.87. The molecule has 62 valence electrons. The van der Waals surface area contributed by atoms with Gasteiger partial charge in [0.25, 0.3) is 0 Å². The van der Waals surface area contributed by atoms with Gasteiger partial charge in [-0.05, 0) is 0 Å². The van der Waals surface area contributed by atoms with E-state index in [1.54, 1.807) is 13.1 Å². The molecule has 1 aliphatic heterocycles. The Hall–Kier alpha value is -0.220. The number of nitrogens with zero attached hydrogens (tertiary/aromatic N) is 1. The molecule has 0 aliphatic carbocycles. The fourth-order valence-corrected chi connectivity index (χ4v) is 1.66. The molecular weight excluding hydrogens is 184 g/mol. The van der Waals surface area contributed by atoms with E-state index in [2.05, 4.69) is 10.3 Å². The van der Waals surface area contributed by atoms with Crippen LogP contribution in [0.2, 0.25) is 0 Å². The Morgan fingerprint density at radius 2 is 2.73 bits per heavy atom. The van der Waals surface area contributed by atoms with Crippen molar-refractivity contribution in [1.29, 1.82) is 0 Å². The van der Waals surface area contributed by atoms with Crippen LogP contribution in [0.5, 0.6) is 0 Å². The molecule has 0 spiro atoms. The highest BCUT2D eigenvalue weighted by Crippen LogP contribution is 2.29. The Morgan fingerprint density at radius 3 is 3.18 bits per heavy atom. The first-order chi connectivity index (χ1) is 5.16. The largest absolute Gasteiger partial charge is 0.324 e. The zero-order valence-corrected chi connectivity index (χ0v) is 7.71. The molecule has 0 bridgehead atoms. The van der Waals surface area contributed by atoms with Gasteiger partial charge in [-0.25, -0.2) is 0 Å². The summed E-state index contributed by atoms with van der Waals surface area (Å²) >= 11 is 7.33. The van der Waals surface area contributed by atoms with Gasteiger partial charge in [0.1, 0.15) is 0 Å². The number of nitrogens with one attached hydrogen (secondary N) is 1. The number of halogens is 1. The second-order valence-electron chi connectivity index (χ2n) is 2.13. The molecule has 1 unspecified atom stereocenters. The Balaban J connectivity index is 2.47. The number of aliphatic imine (C=N–C) groups is 1. The summed E-state index contributed by atoms with van der Waals surface area (Å²) in [6.45, 7) is 1.78. The van der Waals surface area contributed by atoms with Crippen LogP contribution in [0, 0.1) is 0 Å². The van der Waals surface area contributed by atoms with Crippen LogP contribution in [0.1, 0.15) is 13.3 Å². The van der Waals surface area contributed by atoms with Gasteiger partial charge >= 0.3 is 0 Å². The lowest BCUT2D eigenvalue weighted by Crippen LogP contribution is -2.40. The highest BCUT2D eigenvalue weighted by atomic mass is 35.5. The van der Waals surface area contributed by atoms with Gasteiger partial charge in [-0.1, -0.05) is 30.3 Å². The molecule has 0 saturated carbocycles. The van der Waals surface area contributed by atoms with Crippen LogP contribution in [-0.4, -0.2) is 22.3 Å². The van der Waals surface area contributed by atoms with Crippen molar-refractivity contribution in [2.45, 2.75) is 17.7 Å². The quantitative estimate of drug-likeness (QED) is 0.528. The van der Waals surface area contributed by atoms with Crippen molar-refractivity contribution in [2.75, 3.05) is 5.88 Å². The highest BCUT2D eigenvalue weighted by molar-refractivity contribution is 8.02. The lowest BCUT2D eigenvalue weighted by atomic mass is 10.4. The van der Waals surface area contributed by atoms with E-state index in [1.807, 2.05) is 0 Å². The van der Waals surface area contributed by atoms with Crippen LogP contribution in [0.25, 0.3) is 0 Å². The average molecular weight is 193 g/mol. The van der Waals surface area contributed by atoms with Gasteiger partial charge < -0.3 is 5.32 Å². The Morgan fingerprint density at radius 1 is 2.00 bits per heavy atom. The van der Waals surface area contributed by atoms with Crippen molar-refractivity contribution >= 4 is 35.5 Å². The van der Waals surface area contributed by atoms with Crippen LogP contribution in [0.4, 0.5) is 0 Å². The SMILES string of the molecule is CCC(=O)NC1(Cl)C=NCS1. The van der Waals surface area contributed by atoms with E-state index in [-0.39, 0.29) is 5.91 Å². The van der Waals surface area contributed by atoms with E-state index in [0.29, 0.717) is 12.3 Å². The summed E-state index contributed by atoms with van der Waals surface area (Å²) in [5, 5.41) is 2.65. The van der Waals surface area contributed by atoms with E-state index >= 15 is 0 Å². The third kappa shape index (κ3) is 2.38. The Kier molecular flexibility index (Phi) is 2.78. The normalized spacial score (nSPS) is 28.9. The second kappa shape index (κ2) is 3.45.